The summed E-state index contributed by atoms with van der Waals surface area (Å²) in [5.74, 6) is 0.764. The second-order valence-corrected chi connectivity index (χ2v) is 4.05. The molecule has 1 heteroatoms. The topological polar surface area (TPSA) is 12.9 Å². The van der Waals surface area contributed by atoms with Crippen LogP contribution in [0.4, 0.5) is 0 Å². The summed E-state index contributed by atoms with van der Waals surface area (Å²) >= 11 is 0. The van der Waals surface area contributed by atoms with E-state index in [1.165, 1.54) is 18.4 Å². The molecule has 0 spiro atoms. The Morgan fingerprint density at radius 2 is 1.83 bits per heavy atom. The lowest BCUT2D eigenvalue weighted by Gasteiger charge is -2.19. The Balaban J connectivity index is 2.31. The van der Waals surface area contributed by atoms with Gasteiger partial charge in [0.1, 0.15) is 0 Å². The summed E-state index contributed by atoms with van der Waals surface area (Å²) in [6.07, 6.45) is 6.51. The Hall–Kier alpha value is -0.850. The smallest absolute Gasteiger partial charge is 0.0270 e. The monoisotopic (exact) mass is 161 g/mol. The van der Waals surface area contributed by atoms with Crippen LogP contribution in [0, 0.1) is 5.92 Å². The first-order chi connectivity index (χ1) is 5.76. The summed E-state index contributed by atoms with van der Waals surface area (Å²) in [6.45, 7) is 4.63. The zero-order valence-electron chi connectivity index (χ0n) is 7.75. The van der Waals surface area contributed by atoms with Gasteiger partial charge in [-0.15, -0.1) is 0 Å². The molecule has 12 heavy (non-hydrogen) atoms. The van der Waals surface area contributed by atoms with Crippen molar-refractivity contribution in [3.05, 3.63) is 30.1 Å². The molecular weight excluding hydrogens is 146 g/mol. The highest BCUT2D eigenvalue weighted by molar-refractivity contribution is 5.29. The van der Waals surface area contributed by atoms with Crippen LogP contribution in [0.3, 0.4) is 0 Å². The molecule has 1 nitrogen and oxygen atoms in total. The van der Waals surface area contributed by atoms with Crippen molar-refractivity contribution in [3.63, 3.8) is 0 Å². The molecule has 0 bridgehead atoms. The van der Waals surface area contributed by atoms with E-state index in [1.54, 1.807) is 0 Å². The van der Waals surface area contributed by atoms with Crippen LogP contribution >= 0.6 is 0 Å². The lowest BCUT2D eigenvalue weighted by Crippen LogP contribution is -2.14. The summed E-state index contributed by atoms with van der Waals surface area (Å²) < 4.78 is 0. The Kier molecular flexibility index (Phi) is 1.67. The molecule has 0 aromatic carbocycles. The fourth-order valence-corrected chi connectivity index (χ4v) is 2.02. The maximum absolute atomic E-state index is 4.05. The second-order valence-electron chi connectivity index (χ2n) is 4.05. The third-order valence-electron chi connectivity index (χ3n) is 3.15. The number of hydrogen-bond acceptors (Lipinski definition) is 1. The van der Waals surface area contributed by atoms with Crippen molar-refractivity contribution < 1.29 is 0 Å². The summed E-state index contributed by atoms with van der Waals surface area (Å²) in [7, 11) is 0. The molecule has 2 rings (SSSR count). The number of nitrogens with zero attached hydrogens (tertiary/aromatic N) is 1. The van der Waals surface area contributed by atoms with Gasteiger partial charge in [-0.1, -0.05) is 13.8 Å². The average molecular weight is 161 g/mol. The Morgan fingerprint density at radius 3 is 2.25 bits per heavy atom. The van der Waals surface area contributed by atoms with Crippen LogP contribution in [-0.2, 0) is 5.41 Å². The number of pyridine rings is 1. The van der Waals surface area contributed by atoms with E-state index < -0.39 is 0 Å². The van der Waals surface area contributed by atoms with Gasteiger partial charge in [-0.2, -0.15) is 0 Å². The van der Waals surface area contributed by atoms with Gasteiger partial charge in [-0.25, -0.2) is 0 Å². The van der Waals surface area contributed by atoms with Gasteiger partial charge < -0.3 is 0 Å². The molecule has 0 atom stereocenters. The van der Waals surface area contributed by atoms with E-state index in [2.05, 4.69) is 31.0 Å². The van der Waals surface area contributed by atoms with E-state index >= 15 is 0 Å². The molecule has 1 aromatic rings. The van der Waals surface area contributed by atoms with Gasteiger partial charge in [0.05, 0.1) is 0 Å². The van der Waals surface area contributed by atoms with Crippen molar-refractivity contribution in [2.75, 3.05) is 0 Å². The molecular formula is C11H15N. The Labute approximate surface area is 73.8 Å². The minimum absolute atomic E-state index is 0.503. The van der Waals surface area contributed by atoms with E-state index in [-0.39, 0.29) is 0 Å². The normalized spacial score (nSPS) is 19.6. The summed E-state index contributed by atoms with van der Waals surface area (Å²) in [4.78, 5) is 4.05. The minimum Gasteiger partial charge on any atom is -0.265 e. The van der Waals surface area contributed by atoms with Crippen LogP contribution < -0.4 is 0 Å². The predicted molar refractivity (Wildman–Crippen MR) is 50.0 cm³/mol. The van der Waals surface area contributed by atoms with Crippen LogP contribution in [0.5, 0.6) is 0 Å². The summed E-state index contributed by atoms with van der Waals surface area (Å²) in [6, 6.07) is 4.32. The molecule has 1 saturated carbocycles. The Morgan fingerprint density at radius 1 is 1.25 bits per heavy atom. The molecule has 0 N–H and O–H groups in total. The minimum atomic E-state index is 0.503. The van der Waals surface area contributed by atoms with Crippen molar-refractivity contribution in [3.8, 4) is 0 Å². The summed E-state index contributed by atoms with van der Waals surface area (Å²) in [5, 5.41) is 0. The maximum Gasteiger partial charge on any atom is 0.0270 e. The first-order valence-corrected chi connectivity index (χ1v) is 4.66. The quantitative estimate of drug-likeness (QED) is 0.650. The largest absolute Gasteiger partial charge is 0.265 e. The molecule has 1 aromatic heterocycles. The van der Waals surface area contributed by atoms with Crippen molar-refractivity contribution in [1.29, 1.82) is 0 Å². The van der Waals surface area contributed by atoms with Crippen molar-refractivity contribution >= 4 is 0 Å². The fourth-order valence-electron chi connectivity index (χ4n) is 2.02. The van der Waals surface area contributed by atoms with E-state index in [9.17, 15) is 0 Å². The number of hydrogen-bond donors (Lipinski definition) is 0. The molecule has 0 saturated heterocycles. The van der Waals surface area contributed by atoms with E-state index in [0.29, 0.717) is 5.41 Å². The Bertz CT molecular complexity index is 260. The van der Waals surface area contributed by atoms with Gasteiger partial charge in [0.2, 0.25) is 0 Å². The second kappa shape index (κ2) is 2.58. The first kappa shape index (κ1) is 7.78. The van der Waals surface area contributed by atoms with Gasteiger partial charge in [-0.3, -0.25) is 4.98 Å². The predicted octanol–water partition coefficient (Wildman–Crippen LogP) is 2.77. The SMILES string of the molecule is CC(C)C1(c2ccncc2)CC1. The molecule has 0 aliphatic heterocycles. The fraction of sp³-hybridized carbons (Fsp3) is 0.545. The maximum atomic E-state index is 4.05. The van der Waals surface area contributed by atoms with E-state index in [0.717, 1.165) is 5.92 Å². The van der Waals surface area contributed by atoms with Crippen LogP contribution in [0.25, 0.3) is 0 Å². The molecule has 1 aliphatic carbocycles. The van der Waals surface area contributed by atoms with Gasteiger partial charge in [-0.05, 0) is 41.9 Å². The number of rotatable bonds is 2. The molecule has 1 aliphatic rings. The van der Waals surface area contributed by atoms with Crippen molar-refractivity contribution in [2.45, 2.75) is 32.1 Å². The van der Waals surface area contributed by atoms with Gasteiger partial charge in [0, 0.05) is 12.4 Å². The highest BCUT2D eigenvalue weighted by Crippen LogP contribution is 2.53. The van der Waals surface area contributed by atoms with Crippen LogP contribution in [-0.4, -0.2) is 4.98 Å². The van der Waals surface area contributed by atoms with E-state index in [1.807, 2.05) is 12.4 Å². The lowest BCUT2D eigenvalue weighted by atomic mass is 9.86. The molecule has 1 heterocycles. The molecule has 1 fully saturated rings. The first-order valence-electron chi connectivity index (χ1n) is 4.66. The molecule has 0 unspecified atom stereocenters. The zero-order chi connectivity index (χ0) is 8.60. The van der Waals surface area contributed by atoms with Crippen molar-refractivity contribution in [2.24, 2.45) is 5.92 Å². The highest BCUT2D eigenvalue weighted by atomic mass is 14.6. The van der Waals surface area contributed by atoms with Gasteiger partial charge >= 0.3 is 0 Å². The zero-order valence-corrected chi connectivity index (χ0v) is 7.75. The van der Waals surface area contributed by atoms with Crippen LogP contribution in [0.1, 0.15) is 32.3 Å². The van der Waals surface area contributed by atoms with E-state index in [4.69, 9.17) is 0 Å². The third-order valence-corrected chi connectivity index (χ3v) is 3.15. The highest BCUT2D eigenvalue weighted by Gasteiger charge is 2.46. The molecule has 0 amide bonds. The standard InChI is InChI=1S/C11H15N/c1-9(2)11(5-6-11)10-3-7-12-8-4-10/h3-4,7-9H,5-6H2,1-2H3. The van der Waals surface area contributed by atoms with Crippen molar-refractivity contribution in [1.82, 2.24) is 4.98 Å². The summed E-state index contributed by atoms with van der Waals surface area (Å²) in [5.41, 5.74) is 1.98. The number of aromatic nitrogens is 1. The average Bonchev–Trinajstić information content (AvgIpc) is 2.86. The van der Waals surface area contributed by atoms with Crippen LogP contribution in [0.2, 0.25) is 0 Å². The van der Waals surface area contributed by atoms with Gasteiger partial charge in [0.25, 0.3) is 0 Å². The molecule has 0 radical (unpaired) electrons. The van der Waals surface area contributed by atoms with Gasteiger partial charge in [0.15, 0.2) is 0 Å². The third kappa shape index (κ3) is 1.04. The van der Waals surface area contributed by atoms with Crippen LogP contribution in [0.15, 0.2) is 24.5 Å². The molecule has 64 valence electrons. The lowest BCUT2D eigenvalue weighted by molar-refractivity contribution is 0.481.